The van der Waals surface area contributed by atoms with E-state index in [1.54, 1.807) is 0 Å². The van der Waals surface area contributed by atoms with Gasteiger partial charge >= 0.3 is 23.5 Å². The van der Waals surface area contributed by atoms with E-state index in [4.69, 9.17) is 24.3 Å². The number of nitrogens with one attached hydrogen (secondary N) is 2. The molecule has 1 aromatic carbocycles. The number of nitrogen functional groups attached to an aromatic ring is 1. The van der Waals surface area contributed by atoms with Crippen LogP contribution in [0.5, 0.6) is 0 Å². The van der Waals surface area contributed by atoms with Crippen LogP contribution < -0.4 is 16.4 Å². The van der Waals surface area contributed by atoms with Crippen LogP contribution in [0.1, 0.15) is 122 Å². The van der Waals surface area contributed by atoms with Gasteiger partial charge in [0.25, 0.3) is 6.47 Å². The van der Waals surface area contributed by atoms with E-state index in [9.17, 15) is 62.7 Å². The molecule has 0 spiro atoms. The van der Waals surface area contributed by atoms with Gasteiger partial charge in [0, 0.05) is 36.8 Å². The molecule has 2 fully saturated rings. The van der Waals surface area contributed by atoms with Crippen LogP contribution >= 0.6 is 23.5 Å². The standard InChI is InChI=1S/C45H70N7O19P3/c1-43(2,19-9-6-5-7-11-30-13-15-31(16-14-30)12-8-10-20-45(21-22-45)66-29-53)33(54)17-23-47-34(55)18-24-48-41(58)38(57)44(3,4)26-68-74(64,65)71-73(62,63)67-25-32-37(70-72(59,60)61)36(56)42(69-32)52-28-51-35-39(46)49-27-50-40(35)52/h13-16,27-29,32,36-38,42,56-57H,5-12,17-26H2,1-4H3,(H,47,55)(H,48,58)(H,62,63)(H,64,65)(H2,46,49,50)(H2,59,60,61). The Bertz CT molecular complexity index is 2520. The van der Waals surface area contributed by atoms with Crippen molar-refractivity contribution in [2.75, 3.05) is 32.0 Å². The molecule has 1 saturated heterocycles. The van der Waals surface area contributed by atoms with E-state index in [1.165, 1.54) is 25.0 Å². The van der Waals surface area contributed by atoms with Crippen LogP contribution in [0.4, 0.5) is 5.82 Å². The number of aromatic nitrogens is 4. The first-order valence-electron chi connectivity index (χ1n) is 24.3. The van der Waals surface area contributed by atoms with Gasteiger partial charge in [0.1, 0.15) is 47.6 Å². The Balaban J connectivity index is 0.938. The highest BCUT2D eigenvalue weighted by molar-refractivity contribution is 7.61. The molecule has 0 radical (unpaired) electrons. The van der Waals surface area contributed by atoms with Crippen LogP contribution in [-0.2, 0) is 73.1 Å². The van der Waals surface area contributed by atoms with E-state index in [-0.39, 0.29) is 54.3 Å². The second-order valence-electron chi connectivity index (χ2n) is 20.0. The zero-order chi connectivity index (χ0) is 54.5. The lowest BCUT2D eigenvalue weighted by Crippen LogP contribution is -2.46. The fraction of sp³-hybridized carbons (Fsp3) is 0.667. The number of aliphatic hydroxyl groups is 2. The number of phosphoric acid groups is 3. The molecule has 414 valence electrons. The van der Waals surface area contributed by atoms with Crippen LogP contribution in [0, 0.1) is 10.8 Å². The molecule has 2 amide bonds. The number of rotatable bonds is 34. The highest BCUT2D eigenvalue weighted by Gasteiger charge is 2.50. The number of aliphatic hydroxyl groups excluding tert-OH is 2. The Morgan fingerprint density at radius 1 is 0.892 bits per heavy atom. The molecule has 26 nitrogen and oxygen atoms in total. The molecule has 7 unspecified atom stereocenters. The van der Waals surface area contributed by atoms with Gasteiger partial charge < -0.3 is 55.6 Å². The summed E-state index contributed by atoms with van der Waals surface area (Å²) >= 11 is 0. The third kappa shape index (κ3) is 18.6. The lowest BCUT2D eigenvalue weighted by Gasteiger charge is -2.30. The van der Waals surface area contributed by atoms with Crippen molar-refractivity contribution < 1.29 is 90.0 Å². The molecule has 3 aromatic rings. The first-order chi connectivity index (χ1) is 34.7. The fourth-order valence-corrected chi connectivity index (χ4v) is 11.1. The van der Waals surface area contributed by atoms with E-state index in [2.05, 4.69) is 58.7 Å². The van der Waals surface area contributed by atoms with Gasteiger partial charge in [-0.1, -0.05) is 71.2 Å². The van der Waals surface area contributed by atoms with E-state index >= 15 is 0 Å². The first kappa shape index (κ1) is 60.8. The molecule has 10 N–H and O–H groups in total. The van der Waals surface area contributed by atoms with Gasteiger partial charge in [-0.2, -0.15) is 4.31 Å². The highest BCUT2D eigenvalue weighted by atomic mass is 31.3. The van der Waals surface area contributed by atoms with Crippen LogP contribution in [0.25, 0.3) is 11.2 Å². The smallest absolute Gasteiger partial charge is 0.461 e. The minimum Gasteiger partial charge on any atom is -0.461 e. The summed E-state index contributed by atoms with van der Waals surface area (Å²) in [5, 5.41) is 26.7. The van der Waals surface area contributed by atoms with Crippen molar-refractivity contribution in [3.8, 4) is 0 Å². The van der Waals surface area contributed by atoms with Crippen molar-refractivity contribution in [3.05, 3.63) is 48.0 Å². The molecular weight excluding hydrogens is 1040 g/mol. The average molecular weight is 1110 g/mol. The number of carbonyl (C=O) groups is 4. The average Bonchev–Trinajstić information content (AvgIpc) is 3.84. The van der Waals surface area contributed by atoms with Gasteiger partial charge in [-0.05, 0) is 68.9 Å². The highest BCUT2D eigenvalue weighted by Crippen LogP contribution is 2.61. The first-order valence-corrected chi connectivity index (χ1v) is 28.8. The molecule has 5 rings (SSSR count). The Labute approximate surface area is 428 Å². The monoisotopic (exact) mass is 1110 g/mol. The normalized spacial score (nSPS) is 20.8. The fourth-order valence-electron chi connectivity index (χ4n) is 8.30. The molecule has 7 atom stereocenters. The summed E-state index contributed by atoms with van der Waals surface area (Å²) < 4.78 is 67.9. The number of hydrogen-bond acceptors (Lipinski definition) is 19. The zero-order valence-electron chi connectivity index (χ0n) is 41.9. The molecule has 0 bridgehead atoms. The van der Waals surface area contributed by atoms with Gasteiger partial charge in [-0.3, -0.25) is 37.3 Å². The topological polar surface area (TPSA) is 390 Å². The second kappa shape index (κ2) is 26.3. The number of phosphoric ester groups is 3. The van der Waals surface area contributed by atoms with Crippen LogP contribution in [0.15, 0.2) is 36.9 Å². The molecule has 1 aliphatic heterocycles. The molecule has 3 heterocycles. The SMILES string of the molecule is CC(C)(CCCCCCc1ccc(CCCCC2(OC=O)CC2)cc1)C(=O)CCNC(=O)CCNC(=O)C(O)C(C)(C)COP(=O)(O)OP(=O)(O)OCC1OC(n2cnc3c(N)ncnc32)C(O)C1OP(=O)(O)O. The van der Waals surface area contributed by atoms with Crippen molar-refractivity contribution in [3.63, 3.8) is 0 Å². The third-order valence-electron chi connectivity index (χ3n) is 13.0. The van der Waals surface area contributed by atoms with Crippen molar-refractivity contribution >= 4 is 64.5 Å². The maximum atomic E-state index is 13.0. The predicted molar refractivity (Wildman–Crippen MR) is 263 cm³/mol. The number of unbranched alkanes of at least 4 members (excludes halogenated alkanes) is 4. The number of aryl methyl sites for hydroxylation is 2. The Morgan fingerprint density at radius 2 is 1.51 bits per heavy atom. The number of ether oxygens (including phenoxy) is 2. The Hall–Kier alpha value is -4.10. The zero-order valence-corrected chi connectivity index (χ0v) is 44.5. The van der Waals surface area contributed by atoms with E-state index in [1.807, 2.05) is 13.8 Å². The van der Waals surface area contributed by atoms with Gasteiger partial charge in [-0.25, -0.2) is 28.6 Å². The van der Waals surface area contributed by atoms with Gasteiger partial charge in [0.05, 0.1) is 19.5 Å². The number of benzene rings is 1. The number of ketones is 1. The van der Waals surface area contributed by atoms with E-state index in [0.29, 0.717) is 12.9 Å². The van der Waals surface area contributed by atoms with Gasteiger partial charge in [-0.15, -0.1) is 0 Å². The number of amides is 2. The van der Waals surface area contributed by atoms with Crippen LogP contribution in [0.2, 0.25) is 0 Å². The maximum absolute atomic E-state index is 13.0. The third-order valence-corrected chi connectivity index (χ3v) is 16.1. The number of Topliss-reactive ketones (excluding diaryl/α,β-unsaturated/α-hetero) is 1. The molecule has 2 aliphatic rings. The lowest BCUT2D eigenvalue weighted by atomic mass is 9.81. The largest absolute Gasteiger partial charge is 0.481 e. The molecule has 29 heteroatoms. The predicted octanol–water partition coefficient (Wildman–Crippen LogP) is 4.00. The molecular formula is C45H70N7O19P3. The second-order valence-corrected chi connectivity index (χ2v) is 24.2. The van der Waals surface area contributed by atoms with Gasteiger partial charge in [0.15, 0.2) is 17.7 Å². The molecule has 1 saturated carbocycles. The summed E-state index contributed by atoms with van der Waals surface area (Å²) in [7, 11) is -16.5. The number of hydrogen-bond donors (Lipinski definition) is 9. The molecule has 2 aromatic heterocycles. The lowest BCUT2D eigenvalue weighted by molar-refractivity contribution is -0.137. The summed E-state index contributed by atoms with van der Waals surface area (Å²) in [6.07, 6.45) is 4.73. The Morgan fingerprint density at radius 3 is 2.15 bits per heavy atom. The van der Waals surface area contributed by atoms with Crippen molar-refractivity contribution in [2.45, 2.75) is 154 Å². The Kier molecular flexibility index (Phi) is 21.6. The van der Waals surface area contributed by atoms with E-state index < -0.39 is 90.0 Å². The number of imidazole rings is 1. The quantitative estimate of drug-likeness (QED) is 0.0232. The number of fused-ring (bicyclic) bond motifs is 1. The van der Waals surface area contributed by atoms with Crippen molar-refractivity contribution in [1.29, 1.82) is 0 Å². The van der Waals surface area contributed by atoms with E-state index in [0.717, 1.165) is 87.9 Å². The number of nitrogens with zero attached hydrogens (tertiary/aromatic N) is 4. The summed E-state index contributed by atoms with van der Waals surface area (Å²) in [5.41, 5.74) is 6.09. The van der Waals surface area contributed by atoms with Crippen molar-refractivity contribution in [1.82, 2.24) is 30.2 Å². The number of nitrogens with two attached hydrogens (primary N) is 1. The summed E-state index contributed by atoms with van der Waals surface area (Å²) in [6.45, 7) is 4.70. The summed E-state index contributed by atoms with van der Waals surface area (Å²) in [4.78, 5) is 100. The van der Waals surface area contributed by atoms with Crippen molar-refractivity contribution in [2.24, 2.45) is 10.8 Å². The molecule has 1 aliphatic carbocycles. The maximum Gasteiger partial charge on any atom is 0.481 e. The minimum atomic E-state index is -5.59. The van der Waals surface area contributed by atoms with Gasteiger partial charge in [0.2, 0.25) is 11.8 Å². The molecule has 74 heavy (non-hydrogen) atoms. The minimum absolute atomic E-state index is 0.00790. The van der Waals surface area contributed by atoms with Crippen LogP contribution in [-0.4, -0.2) is 130 Å². The summed E-state index contributed by atoms with van der Waals surface area (Å²) in [5.74, 6) is -1.49. The number of anilines is 1. The van der Waals surface area contributed by atoms with Crippen LogP contribution in [0.3, 0.4) is 0 Å². The summed E-state index contributed by atoms with van der Waals surface area (Å²) in [6, 6.07) is 8.75. The number of carbonyl (C=O) groups excluding carboxylic acids is 4.